The van der Waals surface area contributed by atoms with Crippen LogP contribution in [0.4, 0.5) is 4.79 Å². The first kappa shape index (κ1) is 21.8. The highest BCUT2D eigenvalue weighted by Gasteiger charge is 2.31. The van der Waals surface area contributed by atoms with Gasteiger partial charge < -0.3 is 14.7 Å². The molecule has 3 aromatic heterocycles. The lowest BCUT2D eigenvalue weighted by Gasteiger charge is -2.28. The molecule has 0 aliphatic carbocycles. The average Bonchev–Trinajstić information content (AvgIpc) is 3.48. The van der Waals surface area contributed by atoms with E-state index in [-0.39, 0.29) is 6.04 Å². The maximum Gasteiger partial charge on any atom is 0.407 e. The van der Waals surface area contributed by atoms with Crippen LogP contribution >= 0.6 is 0 Å². The molecule has 0 saturated carbocycles. The Labute approximate surface area is 202 Å². The van der Waals surface area contributed by atoms with Crippen LogP contribution in [0.2, 0.25) is 0 Å². The smallest absolute Gasteiger partial charge is 0.407 e. The van der Waals surface area contributed by atoms with Crippen LogP contribution in [-0.2, 0) is 24.8 Å². The molecular weight excluding hydrogens is 444 g/mol. The molecule has 180 valence electrons. The van der Waals surface area contributed by atoms with Crippen molar-refractivity contribution in [3.8, 4) is 22.5 Å². The molecule has 0 radical (unpaired) electrons. The number of carbonyl (C=O) groups is 1. The number of benzene rings is 1. The first-order chi connectivity index (χ1) is 17.0. The van der Waals surface area contributed by atoms with E-state index in [1.807, 2.05) is 25.6 Å². The van der Waals surface area contributed by atoms with E-state index in [4.69, 9.17) is 14.8 Å². The van der Waals surface area contributed by atoms with E-state index >= 15 is 0 Å². The number of carboxylic acid groups (broad SMARTS) is 1. The van der Waals surface area contributed by atoms with E-state index in [2.05, 4.69) is 34.9 Å². The molecule has 1 amide bonds. The maximum atomic E-state index is 11.8. The van der Waals surface area contributed by atoms with Gasteiger partial charge in [0.2, 0.25) is 0 Å². The van der Waals surface area contributed by atoms with Crippen molar-refractivity contribution >= 4 is 16.9 Å². The molecule has 1 N–H and O–H groups in total. The lowest BCUT2D eigenvalue weighted by molar-refractivity contribution is 0.0650. The fourth-order valence-corrected chi connectivity index (χ4v) is 5.36. The number of aromatic nitrogens is 5. The Bertz CT molecular complexity index is 1430. The summed E-state index contributed by atoms with van der Waals surface area (Å²) >= 11 is 0. The lowest BCUT2D eigenvalue weighted by atomic mass is 9.95. The summed E-state index contributed by atoms with van der Waals surface area (Å²) in [5, 5.41) is 21.2. The molecule has 0 atom stereocenters. The Morgan fingerprint density at radius 1 is 1.17 bits per heavy atom. The molecule has 6 rings (SSSR count). The number of rotatable bonds is 3. The summed E-state index contributed by atoms with van der Waals surface area (Å²) in [7, 11) is 1.90. The van der Waals surface area contributed by atoms with Crippen molar-refractivity contribution in [3.63, 3.8) is 0 Å². The molecule has 5 heterocycles. The van der Waals surface area contributed by atoms with Gasteiger partial charge in [0.15, 0.2) is 0 Å². The van der Waals surface area contributed by atoms with Gasteiger partial charge in [-0.15, -0.1) is 0 Å². The Hall–Kier alpha value is -3.72. The summed E-state index contributed by atoms with van der Waals surface area (Å²) < 4.78 is 9.52. The van der Waals surface area contributed by atoms with Gasteiger partial charge in [-0.1, -0.05) is 12.1 Å². The summed E-state index contributed by atoms with van der Waals surface area (Å²) in [6.07, 6.45) is 7.30. The van der Waals surface area contributed by atoms with Crippen LogP contribution in [0.15, 0.2) is 36.8 Å². The molecule has 0 unspecified atom stereocenters. The van der Waals surface area contributed by atoms with E-state index < -0.39 is 6.09 Å². The number of ether oxygens (including phenoxy) is 1. The quantitative estimate of drug-likeness (QED) is 0.480. The van der Waals surface area contributed by atoms with Crippen molar-refractivity contribution in [1.29, 1.82) is 0 Å². The molecule has 0 bridgehead atoms. The Balaban J connectivity index is 1.51. The fourth-order valence-electron chi connectivity index (χ4n) is 5.36. The molecule has 2 aliphatic heterocycles. The van der Waals surface area contributed by atoms with E-state index in [0.29, 0.717) is 19.5 Å². The zero-order chi connectivity index (χ0) is 24.1. The predicted molar refractivity (Wildman–Crippen MR) is 131 cm³/mol. The topological polar surface area (TPSA) is 98.3 Å². The molecule has 1 aromatic carbocycles. The Morgan fingerprint density at radius 2 is 2.00 bits per heavy atom. The number of fused-ring (bicyclic) bond motifs is 2. The number of aryl methyl sites for hydroxylation is 2. The lowest BCUT2D eigenvalue weighted by Crippen LogP contribution is -2.35. The largest absolute Gasteiger partial charge is 0.465 e. The van der Waals surface area contributed by atoms with Crippen molar-refractivity contribution in [2.24, 2.45) is 7.05 Å². The van der Waals surface area contributed by atoms with Crippen molar-refractivity contribution in [1.82, 2.24) is 29.4 Å². The minimum Gasteiger partial charge on any atom is -0.465 e. The summed E-state index contributed by atoms with van der Waals surface area (Å²) in [5.41, 5.74) is 7.00. The molecule has 35 heavy (non-hydrogen) atoms. The minimum absolute atomic E-state index is 0.273. The van der Waals surface area contributed by atoms with Crippen LogP contribution in [0.5, 0.6) is 0 Å². The summed E-state index contributed by atoms with van der Waals surface area (Å²) in [6.45, 7) is 4.39. The third kappa shape index (κ3) is 3.76. The fraction of sp³-hybridized carbons (Fsp3) is 0.385. The van der Waals surface area contributed by atoms with E-state index in [0.717, 1.165) is 76.2 Å². The normalized spacial score (nSPS) is 16.6. The van der Waals surface area contributed by atoms with E-state index in [9.17, 15) is 9.90 Å². The number of nitrogens with zero attached hydrogens (tertiary/aromatic N) is 6. The third-order valence-electron chi connectivity index (χ3n) is 7.27. The van der Waals surface area contributed by atoms with Gasteiger partial charge in [-0.25, -0.2) is 4.79 Å². The second kappa shape index (κ2) is 8.49. The zero-order valence-corrected chi connectivity index (χ0v) is 19.9. The van der Waals surface area contributed by atoms with Gasteiger partial charge in [0.05, 0.1) is 30.2 Å². The van der Waals surface area contributed by atoms with Crippen molar-refractivity contribution in [2.75, 3.05) is 19.8 Å². The van der Waals surface area contributed by atoms with Crippen molar-refractivity contribution in [2.45, 2.75) is 38.8 Å². The van der Waals surface area contributed by atoms with Gasteiger partial charge in [0.25, 0.3) is 0 Å². The highest BCUT2D eigenvalue weighted by Crippen LogP contribution is 2.38. The van der Waals surface area contributed by atoms with Gasteiger partial charge in [-0.3, -0.25) is 14.3 Å². The monoisotopic (exact) mass is 472 g/mol. The number of hydrogen-bond acceptors (Lipinski definition) is 5. The van der Waals surface area contributed by atoms with Gasteiger partial charge in [-0.2, -0.15) is 10.2 Å². The van der Waals surface area contributed by atoms with Crippen LogP contribution in [0.1, 0.15) is 35.7 Å². The molecule has 0 spiro atoms. The van der Waals surface area contributed by atoms with Crippen molar-refractivity contribution < 1.29 is 14.6 Å². The maximum absolute atomic E-state index is 11.8. The number of amides is 1. The summed E-state index contributed by atoms with van der Waals surface area (Å²) in [4.78, 5) is 18.1. The SMILES string of the molecule is Cc1ccc(-c2nn(C3CCOCC3)c3c2CN(C(=O)O)CC3)c2cnc(-c3cnn(C)c3)cc12. The summed E-state index contributed by atoms with van der Waals surface area (Å²) in [5.74, 6) is 0. The summed E-state index contributed by atoms with van der Waals surface area (Å²) in [6, 6.07) is 6.59. The zero-order valence-electron chi connectivity index (χ0n) is 19.9. The predicted octanol–water partition coefficient (Wildman–Crippen LogP) is 4.19. The molecule has 9 nitrogen and oxygen atoms in total. The van der Waals surface area contributed by atoms with Gasteiger partial charge in [0, 0.05) is 73.4 Å². The molecule has 9 heteroatoms. The number of pyridine rings is 1. The van der Waals surface area contributed by atoms with E-state index in [1.165, 1.54) is 4.90 Å². The van der Waals surface area contributed by atoms with Gasteiger partial charge in [-0.05, 0) is 36.8 Å². The Kier molecular flexibility index (Phi) is 5.29. The highest BCUT2D eigenvalue weighted by molar-refractivity contribution is 5.99. The average molecular weight is 473 g/mol. The van der Waals surface area contributed by atoms with E-state index in [1.54, 1.807) is 4.68 Å². The molecule has 1 fully saturated rings. The minimum atomic E-state index is -0.892. The van der Waals surface area contributed by atoms with Gasteiger partial charge in [0.1, 0.15) is 0 Å². The van der Waals surface area contributed by atoms with Crippen molar-refractivity contribution in [3.05, 3.63) is 53.6 Å². The molecular formula is C26H28N6O3. The third-order valence-corrected chi connectivity index (χ3v) is 7.27. The van der Waals surface area contributed by atoms with Crippen LogP contribution in [0.25, 0.3) is 33.3 Å². The Morgan fingerprint density at radius 3 is 2.74 bits per heavy atom. The second-order valence-electron chi connectivity index (χ2n) is 9.46. The molecule has 2 aliphatic rings. The standard InChI is InChI=1S/C26H28N6O3/c1-16-3-4-19(21-13-27-23(11-20(16)21)17-12-28-30(2)14-17)25-22-15-31(26(33)34)8-5-24(22)32(29-25)18-6-9-35-10-7-18/h3-4,11-14,18H,5-10,15H2,1-2H3,(H,33,34). The first-order valence-electron chi connectivity index (χ1n) is 12.0. The number of hydrogen-bond donors (Lipinski definition) is 1. The second-order valence-corrected chi connectivity index (χ2v) is 9.46. The highest BCUT2D eigenvalue weighted by atomic mass is 16.5. The van der Waals surface area contributed by atoms with Crippen LogP contribution in [-0.4, -0.2) is 60.4 Å². The van der Waals surface area contributed by atoms with Crippen LogP contribution in [0, 0.1) is 6.92 Å². The van der Waals surface area contributed by atoms with Gasteiger partial charge >= 0.3 is 6.09 Å². The van der Waals surface area contributed by atoms with Crippen LogP contribution < -0.4 is 0 Å². The molecule has 1 saturated heterocycles. The molecule has 4 aromatic rings. The first-order valence-corrected chi connectivity index (χ1v) is 12.0. The van der Waals surface area contributed by atoms with Crippen LogP contribution in [0.3, 0.4) is 0 Å².